The second-order valence-corrected chi connectivity index (χ2v) is 11.1. The van der Waals surface area contributed by atoms with Crippen molar-refractivity contribution in [1.29, 1.82) is 5.26 Å². The highest BCUT2D eigenvalue weighted by Crippen LogP contribution is 2.66. The van der Waals surface area contributed by atoms with E-state index in [2.05, 4.69) is 31.5 Å². The van der Waals surface area contributed by atoms with Crippen molar-refractivity contribution >= 4 is 71.1 Å². The molecule has 2 nitrogen and oxygen atoms in total. The first-order valence-corrected chi connectivity index (χ1v) is 8.65. The molecule has 1 unspecified atom stereocenters. The first-order valence-electron chi connectivity index (χ1n) is 4.93. The minimum Gasteiger partial charge on any atom is -0.223 e. The lowest BCUT2D eigenvalue weighted by molar-refractivity contribution is 1.11. The van der Waals surface area contributed by atoms with Crippen LogP contribution in [0.3, 0.4) is 0 Å². The maximum Gasteiger partial charge on any atom is 0.162 e. The highest BCUT2D eigenvalue weighted by atomic mass is 35.5. The monoisotopic (exact) mass is 354 g/mol. The number of halogens is 2. The van der Waals surface area contributed by atoms with E-state index in [9.17, 15) is 0 Å². The van der Waals surface area contributed by atoms with Crippen molar-refractivity contribution in [2.75, 3.05) is 0 Å². The predicted molar refractivity (Wildman–Crippen MR) is 85.1 cm³/mol. The summed E-state index contributed by atoms with van der Waals surface area (Å²) in [6.45, 7) is 4.21. The van der Waals surface area contributed by atoms with Gasteiger partial charge in [-0.2, -0.15) is 5.26 Å². The van der Waals surface area contributed by atoms with Crippen molar-refractivity contribution in [3.05, 3.63) is 15.9 Å². The van der Waals surface area contributed by atoms with Crippen LogP contribution in [0.25, 0.3) is 0 Å². The van der Waals surface area contributed by atoms with Gasteiger partial charge >= 0.3 is 0 Å². The van der Waals surface area contributed by atoms with E-state index in [0.717, 1.165) is 9.79 Å². The Kier molecular flexibility index (Phi) is 4.63. The van der Waals surface area contributed by atoms with Gasteiger partial charge in [-0.05, 0) is 0 Å². The average molecular weight is 355 g/mol. The molecule has 0 fully saturated rings. The molecule has 0 spiro atoms. The van der Waals surface area contributed by atoms with Gasteiger partial charge in [-0.15, -0.1) is 24.4 Å². The summed E-state index contributed by atoms with van der Waals surface area (Å²) in [6, 6.07) is 1.95. The zero-order chi connectivity index (χ0) is 13.5. The molecule has 1 aromatic rings. The number of hydrogen-bond acceptors (Lipinski definition) is 6. The van der Waals surface area contributed by atoms with Crippen LogP contribution >= 0.6 is 71.1 Å². The van der Waals surface area contributed by atoms with E-state index in [1.165, 1.54) is 23.5 Å². The van der Waals surface area contributed by atoms with Crippen LogP contribution in [0.15, 0.2) is 9.79 Å². The maximum absolute atomic E-state index is 8.95. The average Bonchev–Trinajstić information content (AvgIpc) is 2.61. The van der Waals surface area contributed by atoms with Crippen molar-refractivity contribution in [3.63, 3.8) is 0 Å². The molecule has 2 heterocycles. The normalized spacial score (nSPS) is 22.1. The van der Waals surface area contributed by atoms with Crippen LogP contribution in [0.2, 0.25) is 10.2 Å². The van der Waals surface area contributed by atoms with Gasteiger partial charge in [0.2, 0.25) is 0 Å². The van der Waals surface area contributed by atoms with Gasteiger partial charge in [0.05, 0.1) is 9.92 Å². The minimum atomic E-state index is -0.375. The molecule has 0 radical (unpaired) electrons. The number of nitriles is 1. The molecular weight excluding hydrogens is 347 g/mol. The Labute approximate surface area is 134 Å². The first-order chi connectivity index (χ1) is 8.36. The lowest BCUT2D eigenvalue weighted by Crippen LogP contribution is -2.05. The van der Waals surface area contributed by atoms with Crippen molar-refractivity contribution in [2.45, 2.75) is 31.6 Å². The zero-order valence-electron chi connectivity index (χ0n) is 9.40. The molecule has 2 rings (SSSR count). The molecular formula is C10H8Cl2N2S4. The van der Waals surface area contributed by atoms with Crippen molar-refractivity contribution in [1.82, 2.24) is 4.98 Å². The van der Waals surface area contributed by atoms with Crippen molar-refractivity contribution < 1.29 is 0 Å². The lowest BCUT2D eigenvalue weighted by Gasteiger charge is -2.21. The Balaban J connectivity index is 2.44. The summed E-state index contributed by atoms with van der Waals surface area (Å²) in [5, 5.41) is 10.1. The third-order valence-electron chi connectivity index (χ3n) is 1.96. The fraction of sp³-hybridized carbons (Fsp3) is 0.400. The first kappa shape index (κ1) is 15.0. The second-order valence-electron chi connectivity index (χ2n) is 3.73. The summed E-state index contributed by atoms with van der Waals surface area (Å²) in [5.74, 6) is 0. The van der Waals surface area contributed by atoms with Gasteiger partial charge in [-0.3, -0.25) is 0 Å². The van der Waals surface area contributed by atoms with Gasteiger partial charge in [0, 0.05) is 10.1 Å². The topological polar surface area (TPSA) is 36.7 Å². The largest absolute Gasteiger partial charge is 0.223 e. The van der Waals surface area contributed by atoms with Crippen LogP contribution < -0.4 is 0 Å². The van der Waals surface area contributed by atoms with Gasteiger partial charge in [0.25, 0.3) is 0 Å². The van der Waals surface area contributed by atoms with E-state index < -0.39 is 0 Å². The second kappa shape index (κ2) is 5.55. The Morgan fingerprint density at radius 1 is 1.39 bits per heavy atom. The van der Waals surface area contributed by atoms with Crippen molar-refractivity contribution in [3.8, 4) is 6.07 Å². The Hall–Kier alpha value is 0.620. The van der Waals surface area contributed by atoms with Crippen LogP contribution in [0.5, 0.6) is 0 Å². The molecule has 96 valence electrons. The number of thiol groups is 1. The van der Waals surface area contributed by atoms with E-state index in [0.29, 0.717) is 15.4 Å². The molecule has 0 N–H and O–H groups in total. The standard InChI is InChI=1S/C10H8Cl2N2S4/c1-4(2)16-10(15)17-7-6(11)5(3-13)14-9(12)8(7)18-10/h4,15H,1-2H3. The minimum absolute atomic E-state index is 0.167. The van der Waals surface area contributed by atoms with Crippen LogP contribution in [-0.2, 0) is 0 Å². The summed E-state index contributed by atoms with van der Waals surface area (Å²) < 4.78 is -0.375. The van der Waals surface area contributed by atoms with Gasteiger partial charge in [0.1, 0.15) is 11.2 Å². The molecule has 1 aromatic heterocycles. The van der Waals surface area contributed by atoms with Crippen LogP contribution in [-0.4, -0.2) is 13.0 Å². The van der Waals surface area contributed by atoms with E-state index >= 15 is 0 Å². The number of hydrogen-bond donors (Lipinski definition) is 1. The Morgan fingerprint density at radius 2 is 2.00 bits per heavy atom. The number of pyridine rings is 1. The summed E-state index contributed by atoms with van der Waals surface area (Å²) in [6.07, 6.45) is 0. The molecule has 0 saturated carbocycles. The zero-order valence-corrected chi connectivity index (χ0v) is 14.3. The maximum atomic E-state index is 8.95. The molecule has 1 aliphatic heterocycles. The molecule has 0 aliphatic carbocycles. The quantitative estimate of drug-likeness (QED) is 0.452. The van der Waals surface area contributed by atoms with Gasteiger partial charge in [-0.1, -0.05) is 60.6 Å². The third kappa shape index (κ3) is 2.87. The summed E-state index contributed by atoms with van der Waals surface area (Å²) in [7, 11) is 0. The Morgan fingerprint density at radius 3 is 2.56 bits per heavy atom. The fourth-order valence-electron chi connectivity index (χ4n) is 1.38. The van der Waals surface area contributed by atoms with Crippen LogP contribution in [0, 0.1) is 11.3 Å². The molecule has 18 heavy (non-hydrogen) atoms. The number of fused-ring (bicyclic) bond motifs is 1. The SMILES string of the molecule is CC(C)SC1(S)Sc2c(Cl)nc(C#N)c(Cl)c2S1. The van der Waals surface area contributed by atoms with E-state index in [4.69, 9.17) is 28.5 Å². The molecule has 0 saturated heterocycles. The molecule has 0 aromatic carbocycles. The lowest BCUT2D eigenvalue weighted by atomic mass is 10.4. The molecule has 0 bridgehead atoms. The van der Waals surface area contributed by atoms with E-state index in [1.54, 1.807) is 11.8 Å². The van der Waals surface area contributed by atoms with Gasteiger partial charge in [0.15, 0.2) is 8.44 Å². The molecule has 8 heteroatoms. The predicted octanol–water partition coefficient (Wildman–Crippen LogP) is 5.14. The molecule has 1 atom stereocenters. The summed E-state index contributed by atoms with van der Waals surface area (Å²) in [4.78, 5) is 5.62. The van der Waals surface area contributed by atoms with Gasteiger partial charge < -0.3 is 0 Å². The third-order valence-corrected chi connectivity index (χ3v) is 7.90. The number of aromatic nitrogens is 1. The summed E-state index contributed by atoms with van der Waals surface area (Å²) >= 11 is 21.7. The van der Waals surface area contributed by atoms with Crippen LogP contribution in [0.1, 0.15) is 19.5 Å². The highest BCUT2D eigenvalue weighted by Gasteiger charge is 2.41. The smallest absolute Gasteiger partial charge is 0.162 e. The van der Waals surface area contributed by atoms with Crippen LogP contribution in [0.4, 0.5) is 0 Å². The summed E-state index contributed by atoms with van der Waals surface area (Å²) in [5.41, 5.74) is 0.167. The number of rotatable bonds is 2. The number of thioether (sulfide) groups is 3. The fourth-order valence-corrected chi connectivity index (χ4v) is 8.03. The molecule has 0 amide bonds. The molecule has 1 aliphatic rings. The highest BCUT2D eigenvalue weighted by molar-refractivity contribution is 8.45. The number of nitrogens with zero attached hydrogens (tertiary/aromatic N) is 2. The Bertz CT molecular complexity index is 544. The van der Waals surface area contributed by atoms with Gasteiger partial charge in [-0.25, -0.2) is 4.98 Å². The van der Waals surface area contributed by atoms with E-state index in [1.807, 2.05) is 6.07 Å². The van der Waals surface area contributed by atoms with E-state index in [-0.39, 0.29) is 8.44 Å². The van der Waals surface area contributed by atoms with Crippen molar-refractivity contribution in [2.24, 2.45) is 0 Å².